The van der Waals surface area contributed by atoms with Crippen LogP contribution < -0.4 is 15.7 Å². The summed E-state index contributed by atoms with van der Waals surface area (Å²) in [4.78, 5) is 24.8. The lowest BCUT2D eigenvalue weighted by Gasteiger charge is -2.24. The number of amides is 1. The van der Waals surface area contributed by atoms with Crippen LogP contribution in [0.25, 0.3) is 11.0 Å². The fraction of sp³-hybridized carbons (Fsp3) is 0.444. The molecule has 2 heterocycles. The van der Waals surface area contributed by atoms with E-state index in [1.807, 2.05) is 0 Å². The second kappa shape index (κ2) is 6.83. The summed E-state index contributed by atoms with van der Waals surface area (Å²) in [6.07, 6.45) is 0.144. The zero-order valence-corrected chi connectivity index (χ0v) is 16.8. The van der Waals surface area contributed by atoms with Gasteiger partial charge in [0.1, 0.15) is 11.3 Å². The lowest BCUT2D eigenvalue weighted by molar-refractivity contribution is -0.122. The Labute approximate surface area is 161 Å². The molecule has 0 bridgehead atoms. The zero-order valence-electron chi connectivity index (χ0n) is 15.2. The van der Waals surface area contributed by atoms with Crippen molar-refractivity contribution in [3.05, 3.63) is 38.7 Å². The molecule has 3 rings (SSSR count). The Kier molecular flexibility index (Phi) is 4.98. The zero-order chi connectivity index (χ0) is 20.0. The van der Waals surface area contributed by atoms with Gasteiger partial charge < -0.3 is 14.5 Å². The molecule has 0 aliphatic carbocycles. The molecule has 1 aromatic heterocycles. The molecule has 146 valence electrons. The van der Waals surface area contributed by atoms with Crippen molar-refractivity contribution in [1.29, 1.82) is 0 Å². The first-order valence-corrected chi connectivity index (χ1v) is 10.5. The molecule has 9 heteroatoms. The first kappa shape index (κ1) is 19.7. The van der Waals surface area contributed by atoms with Crippen LogP contribution in [0.15, 0.2) is 21.3 Å². The number of halogens is 1. The van der Waals surface area contributed by atoms with Gasteiger partial charge in [0.05, 0.1) is 41.2 Å². The Bertz CT molecular complexity index is 1090. The van der Waals surface area contributed by atoms with Gasteiger partial charge in [-0.15, -0.1) is 0 Å². The topological polar surface area (TPSA) is 103 Å². The van der Waals surface area contributed by atoms with Gasteiger partial charge in [0.25, 0.3) is 0 Å². The van der Waals surface area contributed by atoms with Crippen LogP contribution in [0.1, 0.15) is 24.5 Å². The first-order valence-electron chi connectivity index (χ1n) is 8.35. The number of hydrogen-bond acceptors (Lipinski definition) is 6. The van der Waals surface area contributed by atoms with Gasteiger partial charge in [0.15, 0.2) is 9.84 Å². The molecule has 2 aromatic rings. The van der Waals surface area contributed by atoms with E-state index in [0.29, 0.717) is 33.7 Å². The third kappa shape index (κ3) is 3.96. The van der Waals surface area contributed by atoms with Crippen LogP contribution in [-0.4, -0.2) is 38.5 Å². The van der Waals surface area contributed by atoms with Crippen LogP contribution in [-0.2, 0) is 21.1 Å². The number of rotatable bonds is 4. The maximum Gasteiger partial charge on any atom is 0.340 e. The highest BCUT2D eigenvalue weighted by Crippen LogP contribution is 2.31. The van der Waals surface area contributed by atoms with Gasteiger partial charge in [-0.2, -0.15) is 0 Å². The third-order valence-corrected chi connectivity index (χ3v) is 7.04. The number of benzene rings is 1. The van der Waals surface area contributed by atoms with Crippen molar-refractivity contribution in [2.24, 2.45) is 0 Å². The van der Waals surface area contributed by atoms with Gasteiger partial charge in [-0.3, -0.25) is 4.79 Å². The van der Waals surface area contributed by atoms with Gasteiger partial charge in [0.2, 0.25) is 5.91 Å². The number of methoxy groups -OCH3 is 1. The molecule has 0 radical (unpaired) electrons. The summed E-state index contributed by atoms with van der Waals surface area (Å²) in [5, 5.41) is 3.72. The van der Waals surface area contributed by atoms with Crippen molar-refractivity contribution in [2.75, 3.05) is 18.6 Å². The van der Waals surface area contributed by atoms with Gasteiger partial charge >= 0.3 is 5.63 Å². The number of aryl methyl sites for hydroxylation is 1. The summed E-state index contributed by atoms with van der Waals surface area (Å²) in [7, 11) is -1.69. The second-order valence-electron chi connectivity index (χ2n) is 7.10. The van der Waals surface area contributed by atoms with E-state index in [1.54, 1.807) is 19.9 Å². The fourth-order valence-electron chi connectivity index (χ4n) is 3.40. The molecular formula is C18H20ClNO6S. The maximum atomic E-state index is 12.5. The normalized spacial score (nSPS) is 21.3. The van der Waals surface area contributed by atoms with Crippen LogP contribution in [0.3, 0.4) is 0 Å². The highest BCUT2D eigenvalue weighted by Gasteiger charge is 2.39. The molecule has 1 fully saturated rings. The standard InChI is InChI=1S/C18H20ClNO6S/c1-10-11-6-13(19)15(25-3)8-14(11)26-17(22)12(10)7-16(21)20-18(2)4-5-27(23,24)9-18/h6,8H,4-5,7,9H2,1-3H3,(H,20,21). The molecule has 1 atom stereocenters. The molecule has 1 unspecified atom stereocenters. The third-order valence-electron chi connectivity index (χ3n) is 4.84. The van der Waals surface area contributed by atoms with E-state index in [2.05, 4.69) is 5.32 Å². The Balaban J connectivity index is 1.91. The van der Waals surface area contributed by atoms with Gasteiger partial charge in [0, 0.05) is 11.5 Å². The predicted octanol–water partition coefficient (Wildman–Crippen LogP) is 2.00. The Morgan fingerprint density at radius 1 is 1.41 bits per heavy atom. The number of carbonyl (C=O) groups is 1. The lowest BCUT2D eigenvalue weighted by Crippen LogP contribution is -2.47. The smallest absolute Gasteiger partial charge is 0.340 e. The number of sulfone groups is 1. The van der Waals surface area contributed by atoms with E-state index in [9.17, 15) is 18.0 Å². The minimum Gasteiger partial charge on any atom is -0.495 e. The molecule has 27 heavy (non-hydrogen) atoms. The van der Waals surface area contributed by atoms with E-state index in [1.165, 1.54) is 13.2 Å². The Hall–Kier alpha value is -2.06. The summed E-state index contributed by atoms with van der Waals surface area (Å²) >= 11 is 6.15. The minimum absolute atomic E-state index is 0.0429. The summed E-state index contributed by atoms with van der Waals surface area (Å²) in [6, 6.07) is 3.15. The van der Waals surface area contributed by atoms with Crippen LogP contribution >= 0.6 is 11.6 Å². The molecule has 1 N–H and O–H groups in total. The van der Waals surface area contributed by atoms with Crippen molar-refractivity contribution in [3.63, 3.8) is 0 Å². The largest absolute Gasteiger partial charge is 0.495 e. The van der Waals surface area contributed by atoms with Crippen molar-refractivity contribution in [3.8, 4) is 5.75 Å². The molecule has 1 amide bonds. The number of ether oxygens (including phenoxy) is 1. The lowest BCUT2D eigenvalue weighted by atomic mass is 10.00. The highest BCUT2D eigenvalue weighted by atomic mass is 35.5. The Morgan fingerprint density at radius 2 is 2.11 bits per heavy atom. The van der Waals surface area contributed by atoms with Crippen molar-refractivity contribution in [2.45, 2.75) is 32.2 Å². The molecular weight excluding hydrogens is 394 g/mol. The van der Waals surface area contributed by atoms with E-state index >= 15 is 0 Å². The van der Waals surface area contributed by atoms with Crippen LogP contribution in [0, 0.1) is 6.92 Å². The van der Waals surface area contributed by atoms with Crippen molar-refractivity contribution in [1.82, 2.24) is 5.32 Å². The average molecular weight is 414 g/mol. The summed E-state index contributed by atoms with van der Waals surface area (Å²) < 4.78 is 33.8. The van der Waals surface area contributed by atoms with E-state index in [0.717, 1.165) is 0 Å². The summed E-state index contributed by atoms with van der Waals surface area (Å²) in [5.74, 6) is -0.107. The number of carbonyl (C=O) groups excluding carboxylic acids is 1. The van der Waals surface area contributed by atoms with Crippen LogP contribution in [0.5, 0.6) is 5.75 Å². The van der Waals surface area contributed by atoms with Gasteiger partial charge in [-0.05, 0) is 31.9 Å². The van der Waals surface area contributed by atoms with E-state index in [4.69, 9.17) is 20.8 Å². The van der Waals surface area contributed by atoms with E-state index < -0.39 is 26.9 Å². The first-order chi connectivity index (χ1) is 12.5. The van der Waals surface area contributed by atoms with Gasteiger partial charge in [-0.25, -0.2) is 13.2 Å². The Morgan fingerprint density at radius 3 is 2.70 bits per heavy atom. The summed E-state index contributed by atoms with van der Waals surface area (Å²) in [5.41, 5.74) is -0.325. The monoisotopic (exact) mass is 413 g/mol. The number of fused-ring (bicyclic) bond motifs is 1. The molecule has 7 nitrogen and oxygen atoms in total. The van der Waals surface area contributed by atoms with Crippen molar-refractivity contribution >= 4 is 38.3 Å². The number of hydrogen-bond donors (Lipinski definition) is 1. The molecule has 0 spiro atoms. The molecule has 1 aliphatic rings. The second-order valence-corrected chi connectivity index (χ2v) is 9.69. The molecule has 1 aromatic carbocycles. The maximum absolute atomic E-state index is 12.5. The summed E-state index contributed by atoms with van der Waals surface area (Å²) in [6.45, 7) is 3.41. The molecule has 1 aliphatic heterocycles. The molecule has 1 saturated heterocycles. The minimum atomic E-state index is -3.15. The average Bonchev–Trinajstić information content (AvgIpc) is 2.84. The quantitative estimate of drug-likeness (QED) is 0.769. The molecule has 0 saturated carbocycles. The number of nitrogens with one attached hydrogen (secondary N) is 1. The predicted molar refractivity (Wildman–Crippen MR) is 102 cm³/mol. The van der Waals surface area contributed by atoms with Crippen LogP contribution in [0.2, 0.25) is 5.02 Å². The van der Waals surface area contributed by atoms with Gasteiger partial charge in [-0.1, -0.05) is 11.6 Å². The fourth-order valence-corrected chi connectivity index (χ4v) is 5.73. The van der Waals surface area contributed by atoms with E-state index in [-0.39, 0.29) is 23.5 Å². The SMILES string of the molecule is COc1cc2oc(=O)c(CC(=O)NC3(C)CCS(=O)(=O)C3)c(C)c2cc1Cl. The highest BCUT2D eigenvalue weighted by molar-refractivity contribution is 7.91. The van der Waals surface area contributed by atoms with Crippen LogP contribution in [0.4, 0.5) is 0 Å². The van der Waals surface area contributed by atoms with Crippen molar-refractivity contribution < 1.29 is 22.4 Å².